The summed E-state index contributed by atoms with van der Waals surface area (Å²) in [5.74, 6) is -0.344. The minimum atomic E-state index is -0.836. The number of carbonyl (C=O) groups excluding carboxylic acids is 2. The molecule has 20 heavy (non-hydrogen) atoms. The van der Waals surface area contributed by atoms with Gasteiger partial charge < -0.3 is 14.2 Å². The zero-order valence-corrected chi connectivity index (χ0v) is 11.7. The van der Waals surface area contributed by atoms with Gasteiger partial charge in [-0.15, -0.1) is 0 Å². The number of Topliss-reactive ketones (excluding diaryl/α,β-unsaturated/α-hetero) is 1. The number of benzene rings is 1. The van der Waals surface area contributed by atoms with E-state index in [0.29, 0.717) is 36.7 Å². The minimum Gasteiger partial charge on any atom is -0.490 e. The second-order valence-corrected chi connectivity index (χ2v) is 4.41. The summed E-state index contributed by atoms with van der Waals surface area (Å²) in [7, 11) is 0. The molecule has 0 amide bonds. The van der Waals surface area contributed by atoms with Crippen molar-refractivity contribution in [1.82, 2.24) is 0 Å². The molecule has 108 valence electrons. The van der Waals surface area contributed by atoms with Gasteiger partial charge in [-0.2, -0.15) is 0 Å². The van der Waals surface area contributed by atoms with Gasteiger partial charge in [0, 0.05) is 12.0 Å². The predicted molar refractivity (Wildman–Crippen MR) is 72.4 cm³/mol. The molecule has 0 atom stereocenters. The molecular formula is C15H18O5. The maximum atomic E-state index is 12.1. The first kappa shape index (κ1) is 14.4. The molecular weight excluding hydrogens is 260 g/mol. The van der Waals surface area contributed by atoms with Gasteiger partial charge in [-0.3, -0.25) is 4.79 Å². The summed E-state index contributed by atoms with van der Waals surface area (Å²) in [6, 6.07) is 3.35. The largest absolute Gasteiger partial charge is 0.490 e. The van der Waals surface area contributed by atoms with Crippen molar-refractivity contribution in [3.05, 3.63) is 23.3 Å². The van der Waals surface area contributed by atoms with Crippen LogP contribution in [0.4, 0.5) is 0 Å². The van der Waals surface area contributed by atoms with Crippen molar-refractivity contribution in [1.29, 1.82) is 0 Å². The number of hydrogen-bond donors (Lipinski definition) is 0. The summed E-state index contributed by atoms with van der Waals surface area (Å²) in [5, 5.41) is 0. The van der Waals surface area contributed by atoms with Crippen molar-refractivity contribution in [2.24, 2.45) is 0 Å². The van der Waals surface area contributed by atoms with Crippen LogP contribution in [0.1, 0.15) is 36.2 Å². The first-order valence-electron chi connectivity index (χ1n) is 6.81. The van der Waals surface area contributed by atoms with E-state index in [1.807, 2.05) is 6.92 Å². The quantitative estimate of drug-likeness (QED) is 0.480. The summed E-state index contributed by atoms with van der Waals surface area (Å²) in [6.45, 7) is 4.88. The lowest BCUT2D eigenvalue weighted by Gasteiger charge is -2.12. The zero-order chi connectivity index (χ0) is 14.5. The van der Waals surface area contributed by atoms with E-state index >= 15 is 0 Å². The summed E-state index contributed by atoms with van der Waals surface area (Å²) in [6.07, 6.45) is 1.41. The highest BCUT2D eigenvalue weighted by atomic mass is 16.5. The lowest BCUT2D eigenvalue weighted by molar-refractivity contribution is -0.137. The van der Waals surface area contributed by atoms with Gasteiger partial charge in [0.25, 0.3) is 5.78 Å². The fraction of sp³-hybridized carbons (Fsp3) is 0.467. The van der Waals surface area contributed by atoms with Gasteiger partial charge in [0.05, 0.1) is 19.8 Å². The van der Waals surface area contributed by atoms with Gasteiger partial charge in [0.2, 0.25) is 0 Å². The molecule has 1 aliphatic heterocycles. The number of carbonyl (C=O) groups is 2. The molecule has 0 bridgehead atoms. The van der Waals surface area contributed by atoms with Crippen LogP contribution >= 0.6 is 0 Å². The lowest BCUT2D eigenvalue weighted by atomic mass is 10.0. The third kappa shape index (κ3) is 2.92. The second-order valence-electron chi connectivity index (χ2n) is 4.41. The van der Waals surface area contributed by atoms with E-state index < -0.39 is 11.8 Å². The van der Waals surface area contributed by atoms with Crippen molar-refractivity contribution in [3.8, 4) is 11.5 Å². The van der Waals surface area contributed by atoms with Crippen LogP contribution in [0, 0.1) is 0 Å². The second kappa shape index (κ2) is 6.41. The number of rotatable bonds is 4. The van der Waals surface area contributed by atoms with Crippen LogP contribution in [0.2, 0.25) is 0 Å². The van der Waals surface area contributed by atoms with E-state index in [1.54, 1.807) is 19.1 Å². The van der Waals surface area contributed by atoms with Crippen LogP contribution < -0.4 is 9.47 Å². The van der Waals surface area contributed by atoms with Crippen molar-refractivity contribution in [2.75, 3.05) is 19.8 Å². The van der Waals surface area contributed by atoms with Crippen LogP contribution in [0.3, 0.4) is 0 Å². The minimum absolute atomic E-state index is 0.177. The average Bonchev–Trinajstić information content (AvgIpc) is 2.69. The van der Waals surface area contributed by atoms with Gasteiger partial charge in [-0.05, 0) is 31.0 Å². The van der Waals surface area contributed by atoms with Gasteiger partial charge in [-0.1, -0.05) is 6.92 Å². The molecule has 1 heterocycles. The first-order chi connectivity index (χ1) is 9.67. The lowest BCUT2D eigenvalue weighted by Crippen LogP contribution is -2.19. The fourth-order valence-corrected chi connectivity index (χ4v) is 2.06. The van der Waals surface area contributed by atoms with Crippen molar-refractivity contribution in [3.63, 3.8) is 0 Å². The summed E-state index contributed by atoms with van der Waals surface area (Å²) in [5.41, 5.74) is 1.09. The monoisotopic (exact) mass is 278 g/mol. The first-order valence-corrected chi connectivity index (χ1v) is 6.81. The summed E-state index contributed by atoms with van der Waals surface area (Å²) >= 11 is 0. The van der Waals surface area contributed by atoms with Crippen molar-refractivity contribution >= 4 is 11.8 Å². The Morgan fingerprint density at radius 2 is 1.80 bits per heavy atom. The number of fused-ring (bicyclic) bond motifs is 1. The molecule has 0 saturated heterocycles. The molecule has 0 spiro atoms. The van der Waals surface area contributed by atoms with Crippen LogP contribution in [-0.4, -0.2) is 31.6 Å². The normalized spacial score (nSPS) is 13.5. The third-order valence-electron chi connectivity index (χ3n) is 3.06. The maximum absolute atomic E-state index is 12.1. The SMILES string of the molecule is CCOC(=O)C(=O)c1cc2c(cc1CC)OCCCO2. The van der Waals surface area contributed by atoms with E-state index in [0.717, 1.165) is 12.0 Å². The van der Waals surface area contributed by atoms with Crippen LogP contribution in [0.5, 0.6) is 11.5 Å². The van der Waals surface area contributed by atoms with E-state index in [2.05, 4.69) is 0 Å². The van der Waals surface area contributed by atoms with E-state index in [-0.39, 0.29) is 6.61 Å². The van der Waals surface area contributed by atoms with Crippen LogP contribution in [0.25, 0.3) is 0 Å². The summed E-state index contributed by atoms with van der Waals surface area (Å²) in [4.78, 5) is 23.7. The van der Waals surface area contributed by atoms with E-state index in [9.17, 15) is 9.59 Å². The molecule has 0 radical (unpaired) electrons. The highest BCUT2D eigenvalue weighted by Gasteiger charge is 2.23. The van der Waals surface area contributed by atoms with Crippen LogP contribution in [-0.2, 0) is 16.0 Å². The molecule has 0 aliphatic carbocycles. The number of esters is 1. The van der Waals surface area contributed by atoms with Crippen LogP contribution in [0.15, 0.2) is 12.1 Å². The molecule has 0 fully saturated rings. The zero-order valence-electron chi connectivity index (χ0n) is 11.7. The molecule has 0 aromatic heterocycles. The molecule has 5 nitrogen and oxygen atoms in total. The number of ether oxygens (including phenoxy) is 3. The Kier molecular flexibility index (Phi) is 4.61. The molecule has 0 N–H and O–H groups in total. The maximum Gasteiger partial charge on any atom is 0.379 e. The molecule has 2 rings (SSSR count). The fourth-order valence-electron chi connectivity index (χ4n) is 2.06. The Morgan fingerprint density at radius 1 is 1.15 bits per heavy atom. The smallest absolute Gasteiger partial charge is 0.379 e. The highest BCUT2D eigenvalue weighted by molar-refractivity contribution is 6.41. The highest BCUT2D eigenvalue weighted by Crippen LogP contribution is 2.33. The number of aryl methyl sites for hydroxylation is 1. The molecule has 1 aromatic carbocycles. The average molecular weight is 278 g/mol. The standard InChI is InChI=1S/C15H18O5/c1-3-10-8-12-13(20-7-5-6-19-12)9-11(10)14(16)15(17)18-4-2/h8-9H,3-7H2,1-2H3. The van der Waals surface area contributed by atoms with Gasteiger partial charge in [0.1, 0.15) is 0 Å². The predicted octanol–water partition coefficient (Wildman–Crippen LogP) is 2.16. The van der Waals surface area contributed by atoms with Gasteiger partial charge >= 0.3 is 5.97 Å². The Labute approximate surface area is 117 Å². The molecule has 1 aliphatic rings. The van der Waals surface area contributed by atoms with E-state index in [1.165, 1.54) is 0 Å². The Hall–Kier alpha value is -2.04. The molecule has 0 saturated carbocycles. The van der Waals surface area contributed by atoms with Crippen molar-refractivity contribution < 1.29 is 23.8 Å². The van der Waals surface area contributed by atoms with Gasteiger partial charge in [0.15, 0.2) is 11.5 Å². The Bertz CT molecular complexity index is 521. The topological polar surface area (TPSA) is 61.8 Å². The summed E-state index contributed by atoms with van der Waals surface area (Å²) < 4.78 is 15.9. The third-order valence-corrected chi connectivity index (χ3v) is 3.06. The molecule has 5 heteroatoms. The Morgan fingerprint density at radius 3 is 2.40 bits per heavy atom. The molecule has 1 aromatic rings. The van der Waals surface area contributed by atoms with Gasteiger partial charge in [-0.25, -0.2) is 4.79 Å². The molecule has 0 unspecified atom stereocenters. The van der Waals surface area contributed by atoms with E-state index in [4.69, 9.17) is 14.2 Å². The number of ketones is 1. The van der Waals surface area contributed by atoms with Crippen molar-refractivity contribution in [2.45, 2.75) is 26.7 Å². The number of hydrogen-bond acceptors (Lipinski definition) is 5. The Balaban J connectivity index is 2.39.